The highest BCUT2D eigenvalue weighted by atomic mass is 16.5. The Morgan fingerprint density at radius 2 is 2.00 bits per heavy atom. The molecule has 0 aliphatic carbocycles. The van der Waals surface area contributed by atoms with Crippen LogP contribution in [0.5, 0.6) is 5.75 Å². The predicted molar refractivity (Wildman–Crippen MR) is 98.6 cm³/mol. The fourth-order valence-electron chi connectivity index (χ4n) is 2.88. The van der Waals surface area contributed by atoms with Crippen molar-refractivity contribution in [1.29, 1.82) is 0 Å². The molecule has 0 amide bonds. The number of nitrogens with one attached hydrogen (secondary N) is 2. The minimum Gasteiger partial charge on any atom is -0.487 e. The van der Waals surface area contributed by atoms with Gasteiger partial charge in [-0.3, -0.25) is 9.97 Å². The third-order valence-corrected chi connectivity index (χ3v) is 4.15. The molecule has 0 saturated heterocycles. The van der Waals surface area contributed by atoms with Gasteiger partial charge in [-0.2, -0.15) is 0 Å². The second kappa shape index (κ2) is 7.45. The predicted octanol–water partition coefficient (Wildman–Crippen LogP) is 2.42. The Morgan fingerprint density at radius 1 is 1.12 bits per heavy atom. The van der Waals surface area contributed by atoms with E-state index in [4.69, 9.17) is 14.7 Å². The molecule has 4 rings (SSSR count). The van der Waals surface area contributed by atoms with E-state index in [2.05, 4.69) is 20.6 Å². The summed E-state index contributed by atoms with van der Waals surface area (Å²) in [7, 11) is 0. The summed E-state index contributed by atoms with van der Waals surface area (Å²) in [6.45, 7) is 4.18. The Kier molecular flexibility index (Phi) is 4.70. The molecule has 7 heteroatoms. The van der Waals surface area contributed by atoms with Crippen LogP contribution < -0.4 is 15.4 Å². The normalized spacial score (nSPS) is 13.9. The van der Waals surface area contributed by atoms with Crippen LogP contribution in [0.2, 0.25) is 0 Å². The number of rotatable bonds is 6. The first-order valence-electron chi connectivity index (χ1n) is 8.61. The number of pyridine rings is 2. The molecule has 0 fully saturated rings. The molecule has 1 atom stereocenters. The van der Waals surface area contributed by atoms with E-state index in [1.54, 1.807) is 24.8 Å². The summed E-state index contributed by atoms with van der Waals surface area (Å²) >= 11 is 0. The minimum absolute atomic E-state index is 0.0245. The second-order valence-corrected chi connectivity index (χ2v) is 6.16. The highest BCUT2D eigenvalue weighted by molar-refractivity contribution is 5.60. The summed E-state index contributed by atoms with van der Waals surface area (Å²) in [4.78, 5) is 17.6. The molecule has 3 aromatic heterocycles. The van der Waals surface area contributed by atoms with Gasteiger partial charge in [0, 0.05) is 42.8 Å². The van der Waals surface area contributed by atoms with Crippen LogP contribution in [-0.4, -0.2) is 32.6 Å². The summed E-state index contributed by atoms with van der Waals surface area (Å²) in [6, 6.07) is 7.60. The molecule has 0 bridgehead atoms. The zero-order chi connectivity index (χ0) is 17.8. The van der Waals surface area contributed by atoms with Crippen molar-refractivity contribution < 1.29 is 4.74 Å². The monoisotopic (exact) mass is 348 g/mol. The Labute approximate surface area is 151 Å². The van der Waals surface area contributed by atoms with Crippen LogP contribution in [0.15, 0.2) is 49.1 Å². The molecule has 0 spiro atoms. The van der Waals surface area contributed by atoms with Gasteiger partial charge in [0.25, 0.3) is 0 Å². The number of nitrogens with zero attached hydrogens (tertiary/aromatic N) is 4. The van der Waals surface area contributed by atoms with E-state index in [1.165, 1.54) is 0 Å². The van der Waals surface area contributed by atoms with Crippen LogP contribution in [-0.2, 0) is 13.1 Å². The van der Waals surface area contributed by atoms with Gasteiger partial charge in [-0.05, 0) is 31.2 Å². The van der Waals surface area contributed by atoms with Crippen molar-refractivity contribution in [2.75, 3.05) is 11.9 Å². The van der Waals surface area contributed by atoms with Crippen LogP contribution >= 0.6 is 0 Å². The zero-order valence-electron chi connectivity index (χ0n) is 14.5. The molecule has 7 nitrogen and oxygen atoms in total. The first-order valence-corrected chi connectivity index (χ1v) is 8.61. The standard InChI is InChI=1S/C19H20N6O/c1-13(26-15-3-2-6-21-10-15)9-23-19-16-11-22-12-17(16)24-18(25-19)14-4-7-20-8-5-14/h2-8,10,13,22H,9,11-12H2,1H3,(H,23,24,25)/t13-/m0/s1. The number of hydrogen-bond acceptors (Lipinski definition) is 7. The largest absolute Gasteiger partial charge is 0.487 e. The molecular weight excluding hydrogens is 328 g/mol. The lowest BCUT2D eigenvalue weighted by molar-refractivity contribution is 0.233. The third kappa shape index (κ3) is 3.62. The average Bonchev–Trinajstić information content (AvgIpc) is 3.16. The van der Waals surface area contributed by atoms with Gasteiger partial charge < -0.3 is 15.4 Å². The van der Waals surface area contributed by atoms with E-state index in [0.29, 0.717) is 12.4 Å². The van der Waals surface area contributed by atoms with Crippen LogP contribution in [0.1, 0.15) is 18.2 Å². The number of anilines is 1. The van der Waals surface area contributed by atoms with Gasteiger partial charge in [-0.15, -0.1) is 0 Å². The minimum atomic E-state index is -0.0245. The van der Waals surface area contributed by atoms with E-state index >= 15 is 0 Å². The van der Waals surface area contributed by atoms with Crippen molar-refractivity contribution in [3.8, 4) is 17.1 Å². The SMILES string of the molecule is C[C@@H](CNc1nc(-c2ccncc2)nc2c1CNC2)Oc1cccnc1. The van der Waals surface area contributed by atoms with Gasteiger partial charge in [0.2, 0.25) is 0 Å². The van der Waals surface area contributed by atoms with Crippen molar-refractivity contribution >= 4 is 5.82 Å². The second-order valence-electron chi connectivity index (χ2n) is 6.16. The highest BCUT2D eigenvalue weighted by Crippen LogP contribution is 2.25. The van der Waals surface area contributed by atoms with Gasteiger partial charge in [-0.25, -0.2) is 9.97 Å². The molecule has 132 valence electrons. The lowest BCUT2D eigenvalue weighted by Gasteiger charge is -2.17. The summed E-state index contributed by atoms with van der Waals surface area (Å²) in [5.41, 5.74) is 3.11. The van der Waals surface area contributed by atoms with Gasteiger partial charge in [-0.1, -0.05) is 0 Å². The molecule has 0 radical (unpaired) electrons. The first-order chi connectivity index (χ1) is 12.8. The van der Waals surface area contributed by atoms with E-state index < -0.39 is 0 Å². The molecular formula is C19H20N6O. The maximum absolute atomic E-state index is 5.88. The first kappa shape index (κ1) is 16.4. The Morgan fingerprint density at radius 3 is 2.81 bits per heavy atom. The zero-order valence-corrected chi connectivity index (χ0v) is 14.5. The van der Waals surface area contributed by atoms with Crippen LogP contribution in [0.4, 0.5) is 5.82 Å². The van der Waals surface area contributed by atoms with E-state index in [-0.39, 0.29) is 6.10 Å². The van der Waals surface area contributed by atoms with Crippen molar-refractivity contribution in [3.63, 3.8) is 0 Å². The molecule has 4 heterocycles. The van der Waals surface area contributed by atoms with Gasteiger partial charge in [0.15, 0.2) is 5.82 Å². The van der Waals surface area contributed by atoms with Gasteiger partial charge >= 0.3 is 0 Å². The molecule has 0 saturated carbocycles. The van der Waals surface area contributed by atoms with Crippen molar-refractivity contribution in [2.45, 2.75) is 26.1 Å². The quantitative estimate of drug-likeness (QED) is 0.707. The van der Waals surface area contributed by atoms with Crippen molar-refractivity contribution in [3.05, 3.63) is 60.3 Å². The Bertz CT molecular complexity index is 872. The number of hydrogen-bond donors (Lipinski definition) is 2. The van der Waals surface area contributed by atoms with Gasteiger partial charge in [0.1, 0.15) is 17.7 Å². The van der Waals surface area contributed by atoms with E-state index in [9.17, 15) is 0 Å². The number of aromatic nitrogens is 4. The van der Waals surface area contributed by atoms with Crippen LogP contribution in [0.3, 0.4) is 0 Å². The fraction of sp³-hybridized carbons (Fsp3) is 0.263. The van der Waals surface area contributed by atoms with Crippen molar-refractivity contribution in [1.82, 2.24) is 25.3 Å². The number of ether oxygens (including phenoxy) is 1. The molecule has 26 heavy (non-hydrogen) atoms. The molecule has 3 aromatic rings. The van der Waals surface area contributed by atoms with Crippen LogP contribution in [0, 0.1) is 0 Å². The van der Waals surface area contributed by atoms with Crippen molar-refractivity contribution in [2.24, 2.45) is 0 Å². The molecule has 1 aliphatic rings. The summed E-state index contributed by atoms with van der Waals surface area (Å²) in [5, 5.41) is 6.76. The Hall–Kier alpha value is -3.06. The average molecular weight is 348 g/mol. The molecule has 0 unspecified atom stereocenters. The lowest BCUT2D eigenvalue weighted by atomic mass is 10.2. The van der Waals surface area contributed by atoms with E-state index in [0.717, 1.165) is 41.5 Å². The highest BCUT2D eigenvalue weighted by Gasteiger charge is 2.20. The summed E-state index contributed by atoms with van der Waals surface area (Å²) in [5.74, 6) is 2.32. The molecule has 1 aliphatic heterocycles. The molecule has 0 aromatic carbocycles. The smallest absolute Gasteiger partial charge is 0.161 e. The third-order valence-electron chi connectivity index (χ3n) is 4.15. The topological polar surface area (TPSA) is 84.9 Å². The lowest BCUT2D eigenvalue weighted by Crippen LogP contribution is -2.24. The maximum atomic E-state index is 5.88. The maximum Gasteiger partial charge on any atom is 0.161 e. The van der Waals surface area contributed by atoms with Crippen LogP contribution in [0.25, 0.3) is 11.4 Å². The number of fused-ring (bicyclic) bond motifs is 1. The fourth-order valence-corrected chi connectivity index (χ4v) is 2.88. The van der Waals surface area contributed by atoms with E-state index in [1.807, 2.05) is 31.2 Å². The summed E-state index contributed by atoms with van der Waals surface area (Å²) in [6.07, 6.45) is 6.92. The summed E-state index contributed by atoms with van der Waals surface area (Å²) < 4.78 is 5.88. The van der Waals surface area contributed by atoms with Gasteiger partial charge in [0.05, 0.1) is 18.4 Å². The molecule has 2 N–H and O–H groups in total. The Balaban J connectivity index is 1.51.